The van der Waals surface area contributed by atoms with Gasteiger partial charge in [-0.2, -0.15) is 0 Å². The Morgan fingerprint density at radius 1 is 1.20 bits per heavy atom. The van der Waals surface area contributed by atoms with Crippen LogP contribution in [0.15, 0.2) is 24.3 Å². The molecule has 0 bridgehead atoms. The highest BCUT2D eigenvalue weighted by molar-refractivity contribution is 5.67. The average molecular weight is 276 g/mol. The highest BCUT2D eigenvalue weighted by atomic mass is 16.6. The third kappa shape index (κ3) is 4.53. The predicted octanol–water partition coefficient (Wildman–Crippen LogP) is 2.27. The summed E-state index contributed by atoms with van der Waals surface area (Å²) < 4.78 is 5.18. The van der Waals surface area contributed by atoms with Gasteiger partial charge in [0.2, 0.25) is 0 Å². The van der Waals surface area contributed by atoms with Crippen molar-refractivity contribution in [2.75, 3.05) is 13.1 Å². The number of nitrogens with one attached hydrogen (secondary N) is 2. The van der Waals surface area contributed by atoms with Crippen LogP contribution in [0.2, 0.25) is 0 Å². The molecule has 0 radical (unpaired) electrons. The quantitative estimate of drug-likeness (QED) is 0.829. The first kappa shape index (κ1) is 14.9. The van der Waals surface area contributed by atoms with Crippen LogP contribution in [0.25, 0.3) is 0 Å². The lowest BCUT2D eigenvalue weighted by atomic mass is 10.1. The number of alkyl carbamates (subject to hydrolysis) is 1. The summed E-state index contributed by atoms with van der Waals surface area (Å²) >= 11 is 0. The number of carbonyl (C=O) groups excluding carboxylic acids is 1. The lowest BCUT2D eigenvalue weighted by Crippen LogP contribution is -2.39. The molecule has 0 spiro atoms. The maximum absolute atomic E-state index is 11.5. The summed E-state index contributed by atoms with van der Waals surface area (Å²) in [5.74, 6) is 0. The number of hydrogen-bond donors (Lipinski definition) is 2. The van der Waals surface area contributed by atoms with Crippen LogP contribution in [-0.2, 0) is 17.6 Å². The van der Waals surface area contributed by atoms with Crippen molar-refractivity contribution in [1.29, 1.82) is 0 Å². The fourth-order valence-corrected chi connectivity index (χ4v) is 2.46. The molecule has 0 unspecified atom stereocenters. The van der Waals surface area contributed by atoms with E-state index in [2.05, 4.69) is 34.9 Å². The van der Waals surface area contributed by atoms with E-state index < -0.39 is 5.60 Å². The van der Waals surface area contributed by atoms with Gasteiger partial charge in [0.1, 0.15) is 5.60 Å². The largest absolute Gasteiger partial charge is 0.444 e. The minimum atomic E-state index is -0.440. The Labute approximate surface area is 120 Å². The maximum atomic E-state index is 11.5. The van der Waals surface area contributed by atoms with Crippen molar-refractivity contribution < 1.29 is 9.53 Å². The Balaban J connectivity index is 1.63. The van der Waals surface area contributed by atoms with E-state index in [1.54, 1.807) is 0 Å². The van der Waals surface area contributed by atoms with Crippen LogP contribution in [0, 0.1) is 0 Å². The van der Waals surface area contributed by atoms with E-state index in [4.69, 9.17) is 4.74 Å². The second-order valence-electron chi connectivity index (χ2n) is 6.26. The predicted molar refractivity (Wildman–Crippen MR) is 79.9 cm³/mol. The van der Waals surface area contributed by atoms with Crippen LogP contribution in [0.3, 0.4) is 0 Å². The summed E-state index contributed by atoms with van der Waals surface area (Å²) in [5, 5.41) is 6.24. The number of rotatable bonds is 4. The SMILES string of the molecule is CC(C)(C)OC(=O)NCCNC1Cc2ccccc2C1. The van der Waals surface area contributed by atoms with E-state index >= 15 is 0 Å². The first-order valence-corrected chi connectivity index (χ1v) is 7.21. The van der Waals surface area contributed by atoms with Gasteiger partial charge in [0.25, 0.3) is 0 Å². The van der Waals surface area contributed by atoms with Gasteiger partial charge in [0, 0.05) is 19.1 Å². The average Bonchev–Trinajstić information content (AvgIpc) is 2.75. The van der Waals surface area contributed by atoms with Gasteiger partial charge in [-0.1, -0.05) is 24.3 Å². The second kappa shape index (κ2) is 6.27. The Morgan fingerprint density at radius 3 is 2.35 bits per heavy atom. The van der Waals surface area contributed by atoms with E-state index in [1.165, 1.54) is 11.1 Å². The molecule has 2 rings (SSSR count). The highest BCUT2D eigenvalue weighted by Crippen LogP contribution is 2.21. The molecule has 110 valence electrons. The first-order chi connectivity index (χ1) is 9.44. The van der Waals surface area contributed by atoms with Crippen molar-refractivity contribution in [3.8, 4) is 0 Å². The van der Waals surface area contributed by atoms with Crippen molar-refractivity contribution in [2.24, 2.45) is 0 Å². The Morgan fingerprint density at radius 2 is 1.80 bits per heavy atom. The Bertz CT molecular complexity index is 441. The standard InChI is InChI=1S/C16H24N2O2/c1-16(2,3)20-15(19)18-9-8-17-14-10-12-6-4-5-7-13(12)11-14/h4-7,14,17H,8-11H2,1-3H3,(H,18,19). The summed E-state index contributed by atoms with van der Waals surface area (Å²) in [5.41, 5.74) is 2.43. The zero-order valence-corrected chi connectivity index (χ0v) is 12.5. The molecule has 0 atom stereocenters. The molecule has 1 aromatic rings. The lowest BCUT2D eigenvalue weighted by Gasteiger charge is -2.20. The number of hydrogen-bond acceptors (Lipinski definition) is 3. The molecule has 1 aliphatic rings. The third-order valence-electron chi connectivity index (χ3n) is 3.28. The van der Waals surface area contributed by atoms with Gasteiger partial charge >= 0.3 is 6.09 Å². The fraction of sp³-hybridized carbons (Fsp3) is 0.562. The summed E-state index contributed by atoms with van der Waals surface area (Å²) in [7, 11) is 0. The van der Waals surface area contributed by atoms with Gasteiger partial charge in [-0.3, -0.25) is 0 Å². The van der Waals surface area contributed by atoms with Crippen LogP contribution in [0.5, 0.6) is 0 Å². The molecular weight excluding hydrogens is 252 g/mol. The molecule has 4 nitrogen and oxygen atoms in total. The Kier molecular flexibility index (Phi) is 4.65. The van der Waals surface area contributed by atoms with Crippen LogP contribution in [0.1, 0.15) is 31.9 Å². The van der Waals surface area contributed by atoms with E-state index in [1.807, 2.05) is 20.8 Å². The van der Waals surface area contributed by atoms with E-state index in [0.29, 0.717) is 12.6 Å². The molecule has 2 N–H and O–H groups in total. The molecular formula is C16H24N2O2. The summed E-state index contributed by atoms with van der Waals surface area (Å²) in [6.07, 6.45) is 1.79. The molecule has 1 aliphatic carbocycles. The molecule has 4 heteroatoms. The van der Waals surface area contributed by atoms with E-state index in [-0.39, 0.29) is 6.09 Å². The molecule has 1 aromatic carbocycles. The number of benzene rings is 1. The maximum Gasteiger partial charge on any atom is 0.407 e. The molecule has 0 aliphatic heterocycles. The topological polar surface area (TPSA) is 50.4 Å². The molecule has 0 saturated heterocycles. The summed E-state index contributed by atoms with van der Waals surface area (Å²) in [6.45, 7) is 6.93. The van der Waals surface area contributed by atoms with Crippen LogP contribution in [0.4, 0.5) is 4.79 Å². The molecule has 20 heavy (non-hydrogen) atoms. The van der Waals surface area contributed by atoms with Crippen molar-refractivity contribution in [1.82, 2.24) is 10.6 Å². The van der Waals surface area contributed by atoms with Crippen LogP contribution >= 0.6 is 0 Å². The van der Waals surface area contributed by atoms with Crippen molar-refractivity contribution in [3.05, 3.63) is 35.4 Å². The zero-order valence-electron chi connectivity index (χ0n) is 12.5. The van der Waals surface area contributed by atoms with Crippen LogP contribution < -0.4 is 10.6 Å². The van der Waals surface area contributed by atoms with Gasteiger partial charge in [-0.05, 0) is 44.7 Å². The summed E-state index contributed by atoms with van der Waals surface area (Å²) in [4.78, 5) is 11.5. The number of amides is 1. The molecule has 0 aromatic heterocycles. The first-order valence-electron chi connectivity index (χ1n) is 7.21. The smallest absolute Gasteiger partial charge is 0.407 e. The fourth-order valence-electron chi connectivity index (χ4n) is 2.46. The highest BCUT2D eigenvalue weighted by Gasteiger charge is 2.20. The summed E-state index contributed by atoms with van der Waals surface area (Å²) in [6, 6.07) is 9.04. The van der Waals surface area contributed by atoms with Gasteiger partial charge < -0.3 is 15.4 Å². The molecule has 0 saturated carbocycles. The monoisotopic (exact) mass is 276 g/mol. The van der Waals surface area contributed by atoms with Gasteiger partial charge in [0.15, 0.2) is 0 Å². The van der Waals surface area contributed by atoms with Crippen LogP contribution in [-0.4, -0.2) is 30.8 Å². The molecule has 0 fully saturated rings. The normalized spacial score (nSPS) is 14.9. The van der Waals surface area contributed by atoms with Gasteiger partial charge in [-0.25, -0.2) is 4.79 Å². The second-order valence-corrected chi connectivity index (χ2v) is 6.26. The minimum absolute atomic E-state index is 0.353. The van der Waals surface area contributed by atoms with Crippen molar-refractivity contribution in [3.63, 3.8) is 0 Å². The van der Waals surface area contributed by atoms with Crippen molar-refractivity contribution >= 4 is 6.09 Å². The number of carbonyl (C=O) groups is 1. The number of ether oxygens (including phenoxy) is 1. The van der Waals surface area contributed by atoms with Gasteiger partial charge in [-0.15, -0.1) is 0 Å². The minimum Gasteiger partial charge on any atom is -0.444 e. The third-order valence-corrected chi connectivity index (χ3v) is 3.28. The lowest BCUT2D eigenvalue weighted by molar-refractivity contribution is 0.0528. The van der Waals surface area contributed by atoms with Gasteiger partial charge in [0.05, 0.1) is 0 Å². The molecule has 0 heterocycles. The van der Waals surface area contributed by atoms with E-state index in [9.17, 15) is 4.79 Å². The zero-order chi connectivity index (χ0) is 14.6. The number of fused-ring (bicyclic) bond motifs is 1. The molecule has 1 amide bonds. The Hall–Kier alpha value is -1.55. The van der Waals surface area contributed by atoms with E-state index in [0.717, 1.165) is 19.4 Å². The van der Waals surface area contributed by atoms with Crippen molar-refractivity contribution in [2.45, 2.75) is 45.3 Å².